The van der Waals surface area contributed by atoms with Crippen molar-refractivity contribution in [2.45, 2.75) is 114 Å². The van der Waals surface area contributed by atoms with Crippen LogP contribution in [0.4, 0.5) is 4.79 Å². The molecular formula is C43H54N10O8. The molecule has 1 aliphatic carbocycles. The van der Waals surface area contributed by atoms with E-state index >= 15 is 0 Å². The number of Topliss-reactive ketones (excluding diaryl/α,β-unsaturated/α-hetero) is 1. The third-order valence-corrected chi connectivity index (χ3v) is 11.3. The number of aromatic nitrogens is 5. The van der Waals surface area contributed by atoms with Gasteiger partial charge in [-0.05, 0) is 63.1 Å². The van der Waals surface area contributed by atoms with E-state index in [2.05, 4.69) is 36.2 Å². The van der Waals surface area contributed by atoms with Crippen LogP contribution in [0, 0.1) is 5.92 Å². The van der Waals surface area contributed by atoms with Crippen molar-refractivity contribution >= 4 is 46.4 Å². The highest BCUT2D eigenvalue weighted by Gasteiger charge is 2.45. The highest BCUT2D eigenvalue weighted by atomic mass is 16.5. The molecule has 1 saturated heterocycles. The predicted molar refractivity (Wildman–Crippen MR) is 221 cm³/mol. The van der Waals surface area contributed by atoms with Crippen molar-refractivity contribution in [3.05, 3.63) is 84.1 Å². The van der Waals surface area contributed by atoms with Gasteiger partial charge < -0.3 is 36.4 Å². The molecule has 1 unspecified atom stereocenters. The summed E-state index contributed by atoms with van der Waals surface area (Å²) >= 11 is 0. The molecule has 18 heteroatoms. The molecule has 1 saturated carbocycles. The third-order valence-electron chi connectivity index (χ3n) is 11.3. The van der Waals surface area contributed by atoms with Crippen LogP contribution >= 0.6 is 0 Å². The Labute approximate surface area is 353 Å². The van der Waals surface area contributed by atoms with Crippen molar-refractivity contribution in [3.8, 4) is 0 Å². The summed E-state index contributed by atoms with van der Waals surface area (Å²) in [6.45, 7) is 3.39. The molecule has 5 amide bonds. The normalized spacial score (nSPS) is 17.9. The number of likely N-dealkylation sites (tertiary alicyclic amines) is 1. The van der Waals surface area contributed by atoms with Gasteiger partial charge in [0.25, 0.3) is 11.8 Å². The van der Waals surface area contributed by atoms with Crippen molar-refractivity contribution in [2.75, 3.05) is 13.1 Å². The van der Waals surface area contributed by atoms with Crippen LogP contribution < -0.4 is 21.7 Å². The first-order valence-corrected chi connectivity index (χ1v) is 20.8. The topological polar surface area (TPSA) is 254 Å². The number of hydrogen-bond donors (Lipinski definition) is 5. The number of benzene rings is 1. The van der Waals surface area contributed by atoms with Gasteiger partial charge in [0.2, 0.25) is 17.6 Å². The summed E-state index contributed by atoms with van der Waals surface area (Å²) in [5.41, 5.74) is 5.85. The summed E-state index contributed by atoms with van der Waals surface area (Å²) in [5.74, 6) is -3.91. The first-order chi connectivity index (χ1) is 29.3. The fraction of sp³-hybridized carbons (Fsp3) is 0.488. The highest BCUT2D eigenvalue weighted by molar-refractivity contribution is 6.37. The van der Waals surface area contributed by atoms with E-state index in [1.807, 2.05) is 30.3 Å². The maximum absolute atomic E-state index is 14.9. The molecule has 18 nitrogen and oxygen atoms in total. The van der Waals surface area contributed by atoms with Gasteiger partial charge in [-0.3, -0.25) is 33.9 Å². The maximum atomic E-state index is 14.9. The van der Waals surface area contributed by atoms with Gasteiger partial charge in [-0.15, -0.1) is 5.10 Å². The number of amides is 5. The lowest BCUT2D eigenvalue weighted by molar-refractivity contribution is -0.142. The fourth-order valence-electron chi connectivity index (χ4n) is 8.16. The molecular weight excluding hydrogens is 785 g/mol. The molecule has 6 N–H and O–H groups in total. The Kier molecular flexibility index (Phi) is 14.7. The quantitative estimate of drug-likeness (QED) is 0.0717. The van der Waals surface area contributed by atoms with Crippen LogP contribution in [0.3, 0.4) is 0 Å². The Bertz CT molecular complexity index is 2180. The number of nitrogens with two attached hydrogens (primary N) is 1. The van der Waals surface area contributed by atoms with Gasteiger partial charge in [0.05, 0.1) is 35.1 Å². The smallest absolute Gasteiger partial charge is 0.407 e. The fourth-order valence-corrected chi connectivity index (χ4v) is 8.16. The Morgan fingerprint density at radius 2 is 1.72 bits per heavy atom. The van der Waals surface area contributed by atoms with E-state index in [9.17, 15) is 33.9 Å². The van der Waals surface area contributed by atoms with Gasteiger partial charge in [-0.25, -0.2) is 9.48 Å². The molecule has 2 aliphatic rings. The summed E-state index contributed by atoms with van der Waals surface area (Å²) in [6, 6.07) is 8.51. The molecule has 324 valence electrons. The highest BCUT2D eigenvalue weighted by Crippen LogP contribution is 2.34. The number of primary amides is 1. The Morgan fingerprint density at radius 3 is 2.46 bits per heavy atom. The standard InChI is InChI=1S/C43H54N10O8/c1-43(2,60)35-24-48-51-53(35)30-21-34(40(57)49-32(37(54)38(44)55)17-9-10-18-47-42(59)61-26-28-14-7-4-8-15-28)52(25-30)41(58)33(20-27-12-5-3-6-13-27)50-39(56)31-23-45-22-29-16-11-19-46-36(29)31/h4,7-8,11,14-16,19,22-24,27,30,32-34,60H,3,5-6,9-10,12-13,17-18,20-21,25-26H2,1-2H3,(H2,44,55)(H,47,59)(H,49,57)(H,50,56)/t30-,32?,33+,34-/m0/s1. The molecule has 1 aliphatic heterocycles. The third kappa shape index (κ3) is 11.5. The largest absolute Gasteiger partial charge is 0.445 e. The average molecular weight is 839 g/mol. The first kappa shape index (κ1) is 44.3. The molecule has 2 fully saturated rings. The second-order valence-electron chi connectivity index (χ2n) is 16.3. The second kappa shape index (κ2) is 20.3. The zero-order chi connectivity index (χ0) is 43.5. The number of carbonyl (C=O) groups excluding carboxylic acids is 6. The molecule has 3 aromatic heterocycles. The number of ketones is 1. The number of nitrogens with one attached hydrogen (secondary N) is 3. The van der Waals surface area contributed by atoms with Gasteiger partial charge in [-0.1, -0.05) is 67.6 Å². The lowest BCUT2D eigenvalue weighted by Crippen LogP contribution is -2.56. The van der Waals surface area contributed by atoms with Gasteiger partial charge >= 0.3 is 6.09 Å². The minimum atomic E-state index is -1.37. The Morgan fingerprint density at radius 1 is 0.951 bits per heavy atom. The monoisotopic (exact) mass is 838 g/mol. The van der Waals surface area contributed by atoms with Crippen LogP contribution in [0.25, 0.3) is 10.9 Å². The Hall–Kier alpha value is -6.30. The minimum absolute atomic E-state index is 0.0116. The van der Waals surface area contributed by atoms with E-state index in [4.69, 9.17) is 10.5 Å². The van der Waals surface area contributed by atoms with Gasteiger partial charge in [0.1, 0.15) is 24.3 Å². The van der Waals surface area contributed by atoms with Crippen molar-refractivity contribution in [1.29, 1.82) is 0 Å². The van der Waals surface area contributed by atoms with Crippen LogP contribution in [-0.2, 0) is 36.1 Å². The van der Waals surface area contributed by atoms with Crippen LogP contribution in [-0.4, -0.2) is 102 Å². The molecule has 4 atom stereocenters. The minimum Gasteiger partial charge on any atom is -0.445 e. The van der Waals surface area contributed by atoms with E-state index in [1.54, 1.807) is 38.4 Å². The van der Waals surface area contributed by atoms with E-state index in [-0.39, 0.29) is 44.0 Å². The lowest BCUT2D eigenvalue weighted by Gasteiger charge is -2.32. The van der Waals surface area contributed by atoms with Gasteiger partial charge in [0, 0.05) is 43.5 Å². The maximum Gasteiger partial charge on any atom is 0.407 e. The predicted octanol–water partition coefficient (Wildman–Crippen LogP) is 3.00. The van der Waals surface area contributed by atoms with Gasteiger partial charge in [-0.2, -0.15) is 0 Å². The number of fused-ring (bicyclic) bond motifs is 1. The zero-order valence-electron chi connectivity index (χ0n) is 34.5. The van der Waals surface area contributed by atoms with Crippen molar-refractivity contribution in [3.63, 3.8) is 0 Å². The van der Waals surface area contributed by atoms with E-state index < -0.39 is 65.3 Å². The summed E-state index contributed by atoms with van der Waals surface area (Å²) in [7, 11) is 0. The summed E-state index contributed by atoms with van der Waals surface area (Å²) in [6.07, 6.45) is 11.2. The number of aliphatic hydroxyl groups is 1. The first-order valence-electron chi connectivity index (χ1n) is 20.8. The van der Waals surface area contributed by atoms with Gasteiger partial charge in [0.15, 0.2) is 0 Å². The second-order valence-corrected chi connectivity index (χ2v) is 16.3. The number of rotatable bonds is 18. The van der Waals surface area contributed by atoms with E-state index in [1.165, 1.54) is 22.0 Å². The summed E-state index contributed by atoms with van der Waals surface area (Å²) in [5, 5.41) is 28.1. The molecule has 4 aromatic rings. The molecule has 0 bridgehead atoms. The molecule has 0 radical (unpaired) electrons. The zero-order valence-corrected chi connectivity index (χ0v) is 34.5. The number of pyridine rings is 2. The molecule has 0 spiro atoms. The van der Waals surface area contributed by atoms with Crippen LogP contribution in [0.1, 0.15) is 106 Å². The number of nitrogens with zero attached hydrogens (tertiary/aromatic N) is 6. The Balaban J connectivity index is 1.20. The SMILES string of the molecule is CC(C)(O)c1cnnn1[C@H]1C[C@@H](C(=O)NC(CCCCNC(=O)OCc2ccccc2)C(=O)C(N)=O)N(C(=O)[C@@H](CC2CCCCC2)NC(=O)c2cncc3cccnc23)C1. The van der Waals surface area contributed by atoms with Crippen LogP contribution in [0.15, 0.2) is 67.3 Å². The average Bonchev–Trinajstić information content (AvgIpc) is 3.94. The number of unbranched alkanes of at least 4 members (excludes halogenated alkanes) is 1. The van der Waals surface area contributed by atoms with Crippen LogP contribution in [0.5, 0.6) is 0 Å². The van der Waals surface area contributed by atoms with Crippen molar-refractivity contribution < 1.29 is 38.6 Å². The van der Waals surface area contributed by atoms with Crippen molar-refractivity contribution in [2.24, 2.45) is 11.7 Å². The van der Waals surface area contributed by atoms with Crippen molar-refractivity contribution in [1.82, 2.24) is 45.8 Å². The number of hydrogen-bond acceptors (Lipinski definition) is 12. The number of alkyl carbamates (subject to hydrolysis) is 1. The van der Waals surface area contributed by atoms with Crippen LogP contribution in [0.2, 0.25) is 0 Å². The molecule has 4 heterocycles. The van der Waals surface area contributed by atoms with E-state index in [0.717, 1.165) is 37.7 Å². The molecule has 1 aromatic carbocycles. The summed E-state index contributed by atoms with van der Waals surface area (Å²) in [4.78, 5) is 90.9. The molecule has 6 rings (SSSR count). The number of carbonyl (C=O) groups is 6. The van der Waals surface area contributed by atoms with E-state index in [0.29, 0.717) is 35.9 Å². The lowest BCUT2D eigenvalue weighted by atomic mass is 9.84. The molecule has 61 heavy (non-hydrogen) atoms. The summed E-state index contributed by atoms with van der Waals surface area (Å²) < 4.78 is 6.72. The number of ether oxygens (including phenoxy) is 1.